The summed E-state index contributed by atoms with van der Waals surface area (Å²) in [6.45, 7) is 17.9. The van der Waals surface area contributed by atoms with E-state index in [0.717, 1.165) is 81.4 Å². The second-order valence-corrected chi connectivity index (χ2v) is 19.7. The van der Waals surface area contributed by atoms with Gasteiger partial charge in [-0.25, -0.2) is 4.98 Å². The average molecular weight is 743 g/mol. The molecule has 1 saturated carbocycles. The van der Waals surface area contributed by atoms with Crippen LogP contribution >= 0.6 is 11.3 Å². The van der Waals surface area contributed by atoms with Crippen molar-refractivity contribution in [3.63, 3.8) is 0 Å². The fourth-order valence-electron chi connectivity index (χ4n) is 8.63. The number of nitrogens with zero attached hydrogens (tertiary/aromatic N) is 2. The maximum atomic E-state index is 11.8. The lowest BCUT2D eigenvalue weighted by Crippen LogP contribution is -2.20. The SMILES string of the molecule is CC1(C)CCC(c2ccnc(-c3cc(-c4cccc5sc(-c6cc(C(C)(C)C)cc(C(C)(C)C)c6O)nc45)c4oc5c6ccccc6ccc5c4c3)c2)CC1. The van der Waals surface area contributed by atoms with Crippen LogP contribution in [0.1, 0.15) is 104 Å². The maximum Gasteiger partial charge on any atom is 0.143 e. The molecule has 4 nitrogen and oxygen atoms in total. The number of para-hydroxylation sites is 1. The Balaban J connectivity index is 1.27. The fourth-order valence-corrected chi connectivity index (χ4v) is 9.64. The largest absolute Gasteiger partial charge is 0.507 e. The molecule has 1 aliphatic carbocycles. The predicted molar refractivity (Wildman–Crippen MR) is 233 cm³/mol. The molecule has 3 aromatic heterocycles. The Bertz CT molecular complexity index is 2780. The standard InChI is InChI=1S/C50H50N2O2S/c1-48(2,3)33-27-39(44(53)40(28-33)49(4,5)6)47-52-43-35(14-11-15-42(43)55-47)37-24-32(41-26-31(20-23-51-41)29-18-21-50(7,8)22-19-29)25-38-36-17-16-30-12-9-10-13-34(30)45(36)54-46(37)38/h9-17,20,23-29,53H,18-19,21-22H2,1-8H3. The van der Waals surface area contributed by atoms with Gasteiger partial charge in [0.1, 0.15) is 21.9 Å². The predicted octanol–water partition coefficient (Wildman–Crippen LogP) is 14.7. The first kappa shape index (κ1) is 35.7. The van der Waals surface area contributed by atoms with E-state index >= 15 is 0 Å². The van der Waals surface area contributed by atoms with Crippen LogP contribution < -0.4 is 0 Å². The molecule has 5 heteroatoms. The molecule has 0 radical (unpaired) electrons. The monoisotopic (exact) mass is 742 g/mol. The summed E-state index contributed by atoms with van der Waals surface area (Å²) in [7, 11) is 0. The number of phenolic OH excluding ortho intramolecular Hbond substituents is 1. The quantitative estimate of drug-likeness (QED) is 0.195. The van der Waals surface area contributed by atoms with Crippen LogP contribution in [0.25, 0.3) is 75.9 Å². The zero-order valence-corrected chi connectivity index (χ0v) is 34.1. The van der Waals surface area contributed by atoms with Crippen LogP contribution in [0.5, 0.6) is 5.75 Å². The van der Waals surface area contributed by atoms with Crippen molar-refractivity contribution in [3.8, 4) is 38.7 Å². The summed E-state index contributed by atoms with van der Waals surface area (Å²) in [6.07, 6.45) is 6.90. The molecule has 0 unspecified atom stereocenters. The van der Waals surface area contributed by atoms with Crippen molar-refractivity contribution in [1.82, 2.24) is 9.97 Å². The number of pyridine rings is 1. The summed E-state index contributed by atoms with van der Waals surface area (Å²) in [5.41, 5.74) is 11.0. The number of thiazole rings is 1. The fraction of sp³-hybridized carbons (Fsp3) is 0.320. The molecule has 9 rings (SSSR count). The molecule has 0 atom stereocenters. The van der Waals surface area contributed by atoms with E-state index in [1.54, 1.807) is 11.3 Å². The number of hydrogen-bond acceptors (Lipinski definition) is 5. The van der Waals surface area contributed by atoms with Crippen LogP contribution in [0.3, 0.4) is 0 Å². The molecule has 1 fully saturated rings. The van der Waals surface area contributed by atoms with E-state index in [9.17, 15) is 5.11 Å². The zero-order valence-electron chi connectivity index (χ0n) is 33.3. The third kappa shape index (κ3) is 6.31. The first-order valence-corrected chi connectivity index (χ1v) is 20.6. The van der Waals surface area contributed by atoms with Gasteiger partial charge in [0.05, 0.1) is 21.5 Å². The molecular weight excluding hydrogens is 693 g/mol. The van der Waals surface area contributed by atoms with Crippen LogP contribution in [0.2, 0.25) is 0 Å². The maximum absolute atomic E-state index is 11.8. The molecule has 1 N–H and O–H groups in total. The van der Waals surface area contributed by atoms with Crippen LogP contribution in [0.4, 0.5) is 0 Å². The van der Waals surface area contributed by atoms with Gasteiger partial charge >= 0.3 is 0 Å². The van der Waals surface area contributed by atoms with Crippen molar-refractivity contribution in [3.05, 3.63) is 114 Å². The van der Waals surface area contributed by atoms with E-state index in [1.165, 1.54) is 36.8 Å². The van der Waals surface area contributed by atoms with Gasteiger partial charge in [0.25, 0.3) is 0 Å². The lowest BCUT2D eigenvalue weighted by Gasteiger charge is -2.34. The lowest BCUT2D eigenvalue weighted by molar-refractivity contribution is 0.224. The molecule has 278 valence electrons. The van der Waals surface area contributed by atoms with Crippen molar-refractivity contribution in [1.29, 1.82) is 0 Å². The van der Waals surface area contributed by atoms with Gasteiger partial charge in [0.2, 0.25) is 0 Å². The number of phenols is 1. The van der Waals surface area contributed by atoms with Crippen LogP contribution in [-0.4, -0.2) is 15.1 Å². The number of rotatable bonds is 4. The Kier molecular flexibility index (Phi) is 8.29. The van der Waals surface area contributed by atoms with Gasteiger partial charge in [-0.2, -0.15) is 0 Å². The van der Waals surface area contributed by atoms with Crippen LogP contribution in [0.15, 0.2) is 102 Å². The van der Waals surface area contributed by atoms with Gasteiger partial charge in [0, 0.05) is 44.6 Å². The van der Waals surface area contributed by atoms with Gasteiger partial charge in [-0.15, -0.1) is 11.3 Å². The molecule has 8 aromatic rings. The summed E-state index contributed by atoms with van der Waals surface area (Å²) in [6, 6.07) is 32.6. The molecule has 0 saturated heterocycles. The van der Waals surface area contributed by atoms with Crippen molar-refractivity contribution in [2.75, 3.05) is 0 Å². The number of aromatic nitrogens is 2. The highest BCUT2D eigenvalue weighted by Crippen LogP contribution is 2.48. The van der Waals surface area contributed by atoms with Crippen LogP contribution in [0, 0.1) is 5.41 Å². The molecule has 5 aromatic carbocycles. The minimum absolute atomic E-state index is 0.0965. The van der Waals surface area contributed by atoms with Gasteiger partial charge in [-0.3, -0.25) is 4.98 Å². The zero-order chi connectivity index (χ0) is 38.4. The summed E-state index contributed by atoms with van der Waals surface area (Å²) in [4.78, 5) is 10.4. The van der Waals surface area contributed by atoms with Crippen molar-refractivity contribution < 1.29 is 9.52 Å². The third-order valence-electron chi connectivity index (χ3n) is 12.1. The number of aromatic hydroxyl groups is 1. The Morgan fingerprint density at radius 3 is 2.27 bits per heavy atom. The summed E-state index contributed by atoms with van der Waals surface area (Å²) >= 11 is 1.63. The Morgan fingerprint density at radius 2 is 1.51 bits per heavy atom. The first-order chi connectivity index (χ1) is 26.1. The molecule has 3 heterocycles. The molecule has 0 amide bonds. The number of benzene rings is 5. The number of furan rings is 1. The smallest absolute Gasteiger partial charge is 0.143 e. The molecule has 0 aliphatic heterocycles. The summed E-state index contributed by atoms with van der Waals surface area (Å²) < 4.78 is 8.02. The van der Waals surface area contributed by atoms with Gasteiger partial charge in [-0.1, -0.05) is 104 Å². The summed E-state index contributed by atoms with van der Waals surface area (Å²) in [5.74, 6) is 0.857. The summed E-state index contributed by atoms with van der Waals surface area (Å²) in [5, 5.41) is 17.1. The van der Waals surface area contributed by atoms with Crippen molar-refractivity contribution in [2.24, 2.45) is 5.41 Å². The van der Waals surface area contributed by atoms with E-state index in [-0.39, 0.29) is 10.8 Å². The lowest BCUT2D eigenvalue weighted by atomic mass is 9.71. The third-order valence-corrected chi connectivity index (χ3v) is 13.1. The first-order valence-electron chi connectivity index (χ1n) is 19.8. The Labute approximate surface area is 328 Å². The van der Waals surface area contributed by atoms with E-state index in [2.05, 4.69) is 146 Å². The van der Waals surface area contributed by atoms with Crippen LogP contribution in [-0.2, 0) is 10.8 Å². The van der Waals surface area contributed by atoms with Gasteiger partial charge in [-0.05, 0) is 107 Å². The highest BCUT2D eigenvalue weighted by atomic mass is 32.1. The van der Waals surface area contributed by atoms with E-state index < -0.39 is 0 Å². The topological polar surface area (TPSA) is 59.2 Å². The van der Waals surface area contributed by atoms with E-state index in [0.29, 0.717) is 17.1 Å². The molecule has 0 bridgehead atoms. The van der Waals surface area contributed by atoms with Crippen molar-refractivity contribution in [2.45, 2.75) is 97.8 Å². The van der Waals surface area contributed by atoms with Gasteiger partial charge < -0.3 is 9.52 Å². The minimum Gasteiger partial charge on any atom is -0.507 e. The Hall–Kier alpha value is -5.00. The molecule has 1 aliphatic rings. The molecule has 55 heavy (non-hydrogen) atoms. The number of fused-ring (bicyclic) bond motifs is 6. The average Bonchev–Trinajstić information content (AvgIpc) is 3.76. The van der Waals surface area contributed by atoms with Crippen molar-refractivity contribution >= 4 is 54.3 Å². The normalized spacial score (nSPS) is 15.5. The highest BCUT2D eigenvalue weighted by molar-refractivity contribution is 7.21. The molecular formula is C50H50N2O2S. The Morgan fingerprint density at radius 1 is 0.727 bits per heavy atom. The molecule has 0 spiro atoms. The van der Waals surface area contributed by atoms with E-state index in [1.807, 2.05) is 6.20 Å². The highest BCUT2D eigenvalue weighted by Gasteiger charge is 2.29. The minimum atomic E-state index is -0.238. The second kappa shape index (κ2) is 12.8. The van der Waals surface area contributed by atoms with Gasteiger partial charge in [0.15, 0.2) is 0 Å². The second-order valence-electron chi connectivity index (χ2n) is 18.7. The van der Waals surface area contributed by atoms with E-state index in [4.69, 9.17) is 14.4 Å². The number of hydrogen-bond donors (Lipinski definition) is 1.